The maximum Gasteiger partial charge on any atom is 0.403 e. The van der Waals surface area contributed by atoms with Crippen LogP contribution in [0.5, 0.6) is 0 Å². The molecule has 0 radical (unpaired) electrons. The molecule has 5 atom stereocenters. The summed E-state index contributed by atoms with van der Waals surface area (Å²) in [6.07, 6.45) is 3.08. The highest BCUT2D eigenvalue weighted by molar-refractivity contribution is 7.50. The van der Waals surface area contributed by atoms with E-state index in [0.717, 1.165) is 33.9 Å². The molecule has 15 nitrogen and oxygen atoms in total. The Morgan fingerprint density at radius 2 is 2.15 bits per heavy atom. The third-order valence-electron chi connectivity index (χ3n) is 6.93. The molecule has 1 saturated carbocycles. The van der Waals surface area contributed by atoms with Crippen LogP contribution in [0.2, 0.25) is 0 Å². The molecule has 1 aliphatic carbocycles. The Balaban J connectivity index is 1.29. The summed E-state index contributed by atoms with van der Waals surface area (Å²) in [6, 6.07) is 5.66. The molecule has 1 saturated heterocycles. The number of nitrogens with zero attached hydrogens (tertiary/aromatic N) is 4. The van der Waals surface area contributed by atoms with Crippen LogP contribution in [-0.4, -0.2) is 56.2 Å². The Hall–Kier alpha value is -3.71. The van der Waals surface area contributed by atoms with E-state index < -0.39 is 55.9 Å². The van der Waals surface area contributed by atoms with Crippen LogP contribution >= 0.6 is 7.75 Å². The maximum absolute atomic E-state index is 13.1. The molecule has 2 fully saturated rings. The van der Waals surface area contributed by atoms with E-state index in [1.54, 1.807) is 6.20 Å². The number of ether oxygens (including phenoxy) is 1. The van der Waals surface area contributed by atoms with Crippen molar-refractivity contribution in [1.29, 1.82) is 0 Å². The highest BCUT2D eigenvalue weighted by Crippen LogP contribution is 2.40. The van der Waals surface area contributed by atoms with Crippen LogP contribution < -0.4 is 21.7 Å². The fourth-order valence-electron chi connectivity index (χ4n) is 4.68. The topological polar surface area (TPSA) is 216 Å². The zero-order chi connectivity index (χ0) is 28.4. The Labute approximate surface area is 227 Å². The lowest BCUT2D eigenvalue weighted by Gasteiger charge is -2.23. The third-order valence-corrected chi connectivity index (χ3v) is 8.07. The van der Waals surface area contributed by atoms with Crippen molar-refractivity contribution in [2.75, 3.05) is 6.61 Å². The Kier molecular flexibility index (Phi) is 7.95. The number of para-hydroxylation sites is 1. The predicted octanol–water partition coefficient (Wildman–Crippen LogP) is 1.89. The number of nitrogens with one attached hydrogen (secondary N) is 4. The van der Waals surface area contributed by atoms with Crippen LogP contribution in [0.25, 0.3) is 21.3 Å². The number of aryl methyl sites for hydroxylation is 1. The third kappa shape index (κ3) is 6.36. The second kappa shape index (κ2) is 11.4. The number of fused-ring (bicyclic) bond motifs is 1. The molecule has 5 N–H and O–H groups in total. The van der Waals surface area contributed by atoms with Gasteiger partial charge in [0.05, 0.1) is 18.8 Å². The Morgan fingerprint density at radius 1 is 1.38 bits per heavy atom. The molecule has 0 spiro atoms. The first kappa shape index (κ1) is 27.8. The van der Waals surface area contributed by atoms with Gasteiger partial charge in [-0.3, -0.25) is 23.7 Å². The van der Waals surface area contributed by atoms with Gasteiger partial charge in [0.2, 0.25) is 5.91 Å². The molecule has 16 heteroatoms. The summed E-state index contributed by atoms with van der Waals surface area (Å²) in [5.41, 5.74) is 9.69. The molecule has 212 valence electrons. The number of hydrogen-bond acceptors (Lipinski definition) is 7. The minimum absolute atomic E-state index is 0.0344. The van der Waals surface area contributed by atoms with Gasteiger partial charge >= 0.3 is 13.4 Å². The van der Waals surface area contributed by atoms with E-state index in [0.29, 0.717) is 0 Å². The fourth-order valence-corrected chi connectivity index (χ4v) is 5.71. The number of rotatable bonds is 11. The number of carbonyl (C=O) groups is 1. The number of H-pyrrole nitrogens is 2. The largest absolute Gasteiger partial charge is 0.403 e. The second-order valence-corrected chi connectivity index (χ2v) is 11.5. The van der Waals surface area contributed by atoms with E-state index in [9.17, 15) is 23.8 Å². The Bertz CT molecular complexity index is 1620. The van der Waals surface area contributed by atoms with Crippen molar-refractivity contribution in [2.45, 2.75) is 63.1 Å². The van der Waals surface area contributed by atoms with E-state index in [4.69, 9.17) is 14.8 Å². The molecule has 1 aliphatic heterocycles. The van der Waals surface area contributed by atoms with Crippen LogP contribution in [0.1, 0.15) is 36.6 Å². The van der Waals surface area contributed by atoms with Gasteiger partial charge < -0.3 is 19.9 Å². The van der Waals surface area contributed by atoms with Gasteiger partial charge in [-0.1, -0.05) is 23.3 Å². The van der Waals surface area contributed by atoms with E-state index in [2.05, 4.69) is 30.4 Å². The quantitative estimate of drug-likeness (QED) is 0.0987. The number of amides is 1. The van der Waals surface area contributed by atoms with Crippen LogP contribution in [0.3, 0.4) is 0 Å². The minimum Gasteiger partial charge on any atom is -0.361 e. The van der Waals surface area contributed by atoms with Gasteiger partial charge in [0.15, 0.2) is 0 Å². The summed E-state index contributed by atoms with van der Waals surface area (Å²) >= 11 is 0. The molecule has 3 heterocycles. The second-order valence-electron chi connectivity index (χ2n) is 9.96. The number of benzene rings is 1. The first-order chi connectivity index (χ1) is 19.1. The van der Waals surface area contributed by atoms with Gasteiger partial charge in [0, 0.05) is 46.2 Å². The van der Waals surface area contributed by atoms with E-state index in [-0.39, 0.29) is 24.4 Å². The summed E-state index contributed by atoms with van der Waals surface area (Å²) in [5.74, 6) is -0.428. The van der Waals surface area contributed by atoms with Crippen molar-refractivity contribution in [1.82, 2.24) is 24.9 Å². The summed E-state index contributed by atoms with van der Waals surface area (Å²) in [4.78, 5) is 55.8. The van der Waals surface area contributed by atoms with Crippen molar-refractivity contribution < 1.29 is 23.5 Å². The first-order valence-corrected chi connectivity index (χ1v) is 14.3. The van der Waals surface area contributed by atoms with Crippen LogP contribution in [0.4, 0.5) is 0 Å². The number of aromatic nitrogens is 3. The molecule has 5 rings (SSSR count). The SMILES string of the molecule is Cc1cn([C@H]2C[C@H](N=[N+]=[N-])[C@@H](COP(=O)(O)N[C@@H](Cc3c[nH]c4ccccc34)C(=O)NC3CC3)O2)c(=O)[nH]c1=O. The lowest BCUT2D eigenvalue weighted by atomic mass is 10.1. The molecule has 3 aromatic rings. The predicted molar refractivity (Wildman–Crippen MR) is 143 cm³/mol. The zero-order valence-electron chi connectivity index (χ0n) is 21.5. The average Bonchev–Trinajstić information content (AvgIpc) is 3.50. The van der Waals surface area contributed by atoms with Crippen molar-refractivity contribution >= 4 is 24.6 Å². The maximum atomic E-state index is 13.1. The van der Waals surface area contributed by atoms with Crippen molar-refractivity contribution in [3.8, 4) is 0 Å². The zero-order valence-corrected chi connectivity index (χ0v) is 22.4. The highest BCUT2D eigenvalue weighted by atomic mass is 31.2. The van der Waals surface area contributed by atoms with Crippen molar-refractivity contribution in [3.05, 3.63) is 79.1 Å². The monoisotopic (exact) mass is 572 g/mol. The Morgan fingerprint density at radius 3 is 2.90 bits per heavy atom. The van der Waals surface area contributed by atoms with E-state index >= 15 is 0 Å². The molecule has 1 amide bonds. The van der Waals surface area contributed by atoms with Crippen LogP contribution in [0, 0.1) is 6.92 Å². The van der Waals surface area contributed by atoms with Crippen molar-refractivity contribution in [2.24, 2.45) is 5.11 Å². The highest BCUT2D eigenvalue weighted by Gasteiger charge is 2.39. The van der Waals surface area contributed by atoms with E-state index in [1.807, 2.05) is 24.3 Å². The summed E-state index contributed by atoms with van der Waals surface area (Å²) in [7, 11) is -4.57. The molecular formula is C24H29N8O7P. The molecule has 0 bridgehead atoms. The molecule has 1 aromatic carbocycles. The van der Waals surface area contributed by atoms with Crippen molar-refractivity contribution in [3.63, 3.8) is 0 Å². The fraction of sp³-hybridized carbons (Fsp3) is 0.458. The molecule has 40 heavy (non-hydrogen) atoms. The van der Waals surface area contributed by atoms with Gasteiger partial charge in [-0.2, -0.15) is 0 Å². The lowest BCUT2D eigenvalue weighted by molar-refractivity contribution is -0.123. The summed E-state index contributed by atoms with van der Waals surface area (Å²) < 4.78 is 25.4. The molecule has 2 aromatic heterocycles. The number of aromatic amines is 2. The first-order valence-electron chi connectivity index (χ1n) is 12.8. The normalized spacial score (nSPS) is 22.9. The van der Waals surface area contributed by atoms with E-state index in [1.165, 1.54) is 13.1 Å². The number of hydrogen-bond donors (Lipinski definition) is 5. The van der Waals surface area contributed by atoms with Gasteiger partial charge in [0.25, 0.3) is 5.56 Å². The van der Waals surface area contributed by atoms with Crippen LogP contribution in [0.15, 0.2) is 51.4 Å². The number of carbonyl (C=O) groups excluding carboxylic acids is 1. The molecular weight excluding hydrogens is 543 g/mol. The van der Waals surface area contributed by atoms with Gasteiger partial charge in [-0.25, -0.2) is 14.4 Å². The average molecular weight is 573 g/mol. The minimum atomic E-state index is -4.57. The van der Waals surface area contributed by atoms with Gasteiger partial charge in [-0.05, 0) is 43.3 Å². The smallest absolute Gasteiger partial charge is 0.361 e. The van der Waals surface area contributed by atoms with Crippen LogP contribution in [-0.2, 0) is 25.0 Å². The van der Waals surface area contributed by atoms with Gasteiger partial charge in [-0.15, -0.1) is 0 Å². The standard InChI is InChI=1S/C24H29N8O7P/c1-13-11-32(24(35)28-22(13)33)21-9-18(29-31-25)20(39-21)12-38-40(36,37)30-19(23(34)27-15-6-7-15)8-14-10-26-17-5-3-2-4-16(14)17/h2-5,10-11,15,18-21,26H,6-9,12H2,1H3,(H,27,34)(H,28,33,35)(H2,30,36,37)/t18-,19-,20+,21+/m0/s1. The molecule has 1 unspecified atom stereocenters. The molecule has 2 aliphatic rings. The number of azide groups is 1. The summed E-state index contributed by atoms with van der Waals surface area (Å²) in [6.45, 7) is 1.05. The lowest BCUT2D eigenvalue weighted by Crippen LogP contribution is -2.45. The van der Waals surface area contributed by atoms with Gasteiger partial charge in [0.1, 0.15) is 12.3 Å². The summed E-state index contributed by atoms with van der Waals surface area (Å²) in [5, 5.41) is 9.91.